The fourth-order valence-corrected chi connectivity index (χ4v) is 1.33. The third-order valence-electron chi connectivity index (χ3n) is 2.21. The van der Waals surface area contributed by atoms with Gasteiger partial charge >= 0.3 is 0 Å². The summed E-state index contributed by atoms with van der Waals surface area (Å²) in [5.74, 6) is 0. The number of nitrogens with two attached hydrogens (primary N) is 1. The Bertz CT molecular complexity index is 126. The predicted octanol–water partition coefficient (Wildman–Crippen LogP) is 1.47. The van der Waals surface area contributed by atoms with E-state index < -0.39 is 0 Å². The molecule has 0 bridgehead atoms. The molecule has 0 heterocycles. The number of hydrogen-bond acceptors (Lipinski definition) is 3. The standard InChI is InChI=1S/C11H26N2O/c1-10(2)13(7-5-6-12)8-9-14-11(3)4/h10-11H,5-9,12H2,1-4H3. The van der Waals surface area contributed by atoms with E-state index in [2.05, 4.69) is 32.6 Å². The van der Waals surface area contributed by atoms with Gasteiger partial charge in [0.25, 0.3) is 0 Å². The lowest BCUT2D eigenvalue weighted by Gasteiger charge is -2.26. The van der Waals surface area contributed by atoms with E-state index >= 15 is 0 Å². The van der Waals surface area contributed by atoms with E-state index in [1.54, 1.807) is 0 Å². The molecule has 0 amide bonds. The molecule has 0 atom stereocenters. The van der Waals surface area contributed by atoms with Crippen LogP contribution in [0.25, 0.3) is 0 Å². The van der Waals surface area contributed by atoms with Crippen molar-refractivity contribution >= 4 is 0 Å². The van der Waals surface area contributed by atoms with E-state index in [1.807, 2.05) is 0 Å². The van der Waals surface area contributed by atoms with E-state index in [4.69, 9.17) is 10.5 Å². The first-order valence-electron chi connectivity index (χ1n) is 5.63. The molecule has 0 fully saturated rings. The van der Waals surface area contributed by atoms with Crippen LogP contribution in [0, 0.1) is 0 Å². The summed E-state index contributed by atoms with van der Waals surface area (Å²) in [6, 6.07) is 0.581. The second-order valence-electron chi connectivity index (χ2n) is 4.19. The summed E-state index contributed by atoms with van der Waals surface area (Å²) in [7, 11) is 0. The fraction of sp³-hybridized carbons (Fsp3) is 1.00. The molecule has 0 aromatic rings. The molecule has 0 spiro atoms. The average Bonchev–Trinajstić information content (AvgIpc) is 2.09. The Morgan fingerprint density at radius 2 is 1.79 bits per heavy atom. The van der Waals surface area contributed by atoms with E-state index in [1.165, 1.54) is 0 Å². The SMILES string of the molecule is CC(C)OCCN(CCCN)C(C)C. The average molecular weight is 202 g/mol. The van der Waals surface area contributed by atoms with Crippen molar-refractivity contribution in [2.45, 2.75) is 46.3 Å². The highest BCUT2D eigenvalue weighted by Crippen LogP contribution is 1.99. The lowest BCUT2D eigenvalue weighted by atomic mass is 10.3. The number of hydrogen-bond donors (Lipinski definition) is 1. The molecule has 0 saturated carbocycles. The van der Waals surface area contributed by atoms with Crippen molar-refractivity contribution in [3.8, 4) is 0 Å². The summed E-state index contributed by atoms with van der Waals surface area (Å²) in [5.41, 5.74) is 5.50. The van der Waals surface area contributed by atoms with Gasteiger partial charge in [0.05, 0.1) is 12.7 Å². The topological polar surface area (TPSA) is 38.5 Å². The zero-order valence-electron chi connectivity index (χ0n) is 10.1. The third-order valence-corrected chi connectivity index (χ3v) is 2.21. The second kappa shape index (κ2) is 8.21. The Morgan fingerprint density at radius 3 is 2.21 bits per heavy atom. The van der Waals surface area contributed by atoms with Crippen LogP contribution in [-0.2, 0) is 4.74 Å². The van der Waals surface area contributed by atoms with Gasteiger partial charge in [-0.3, -0.25) is 4.90 Å². The maximum atomic E-state index is 5.53. The minimum absolute atomic E-state index is 0.332. The summed E-state index contributed by atoms with van der Waals surface area (Å²) in [6.07, 6.45) is 1.40. The van der Waals surface area contributed by atoms with Gasteiger partial charge in [0.1, 0.15) is 0 Å². The van der Waals surface area contributed by atoms with Crippen molar-refractivity contribution in [3.05, 3.63) is 0 Å². The molecule has 0 aromatic carbocycles. The van der Waals surface area contributed by atoms with E-state index in [0.717, 1.165) is 32.7 Å². The first-order chi connectivity index (χ1) is 6.57. The van der Waals surface area contributed by atoms with Crippen LogP contribution in [0.1, 0.15) is 34.1 Å². The molecule has 86 valence electrons. The molecule has 0 saturated heterocycles. The van der Waals surface area contributed by atoms with Gasteiger partial charge in [-0.05, 0) is 47.2 Å². The second-order valence-corrected chi connectivity index (χ2v) is 4.19. The van der Waals surface area contributed by atoms with Crippen molar-refractivity contribution in [1.82, 2.24) is 4.90 Å². The number of rotatable bonds is 8. The minimum atomic E-state index is 0.332. The summed E-state index contributed by atoms with van der Waals surface area (Å²) >= 11 is 0. The maximum absolute atomic E-state index is 5.53. The van der Waals surface area contributed by atoms with Gasteiger partial charge in [-0.25, -0.2) is 0 Å². The largest absolute Gasteiger partial charge is 0.377 e. The minimum Gasteiger partial charge on any atom is -0.377 e. The molecule has 2 N–H and O–H groups in total. The van der Waals surface area contributed by atoms with Crippen LogP contribution < -0.4 is 5.73 Å². The Morgan fingerprint density at radius 1 is 1.14 bits per heavy atom. The molecule has 0 radical (unpaired) electrons. The molecule has 3 nitrogen and oxygen atoms in total. The van der Waals surface area contributed by atoms with Crippen LogP contribution in [0.5, 0.6) is 0 Å². The van der Waals surface area contributed by atoms with Crippen molar-refractivity contribution in [3.63, 3.8) is 0 Å². The summed E-state index contributed by atoms with van der Waals surface area (Å²) in [4.78, 5) is 2.41. The zero-order valence-corrected chi connectivity index (χ0v) is 10.1. The zero-order chi connectivity index (χ0) is 11.0. The maximum Gasteiger partial charge on any atom is 0.0597 e. The van der Waals surface area contributed by atoms with Crippen LogP contribution in [0.4, 0.5) is 0 Å². The molecular weight excluding hydrogens is 176 g/mol. The highest BCUT2D eigenvalue weighted by molar-refractivity contribution is 4.62. The van der Waals surface area contributed by atoms with Gasteiger partial charge in [0.2, 0.25) is 0 Å². The van der Waals surface area contributed by atoms with Gasteiger partial charge in [0.15, 0.2) is 0 Å². The van der Waals surface area contributed by atoms with Crippen molar-refractivity contribution in [1.29, 1.82) is 0 Å². The molecule has 0 unspecified atom stereocenters. The highest BCUT2D eigenvalue weighted by atomic mass is 16.5. The first-order valence-corrected chi connectivity index (χ1v) is 5.63. The van der Waals surface area contributed by atoms with Crippen LogP contribution in [-0.4, -0.2) is 43.3 Å². The quantitative estimate of drug-likeness (QED) is 0.648. The highest BCUT2D eigenvalue weighted by Gasteiger charge is 2.08. The fourth-order valence-electron chi connectivity index (χ4n) is 1.33. The molecule has 3 heteroatoms. The smallest absolute Gasteiger partial charge is 0.0597 e. The van der Waals surface area contributed by atoms with Crippen LogP contribution >= 0.6 is 0 Å². The number of nitrogens with zero attached hydrogens (tertiary/aromatic N) is 1. The predicted molar refractivity (Wildman–Crippen MR) is 61.5 cm³/mol. The molecule has 0 aliphatic rings. The lowest BCUT2D eigenvalue weighted by molar-refractivity contribution is 0.0522. The van der Waals surface area contributed by atoms with Crippen LogP contribution in [0.2, 0.25) is 0 Å². The Labute approximate surface area is 88.6 Å². The summed E-state index contributed by atoms with van der Waals surface area (Å²) in [6.45, 7) is 12.2. The first kappa shape index (κ1) is 13.9. The van der Waals surface area contributed by atoms with Gasteiger partial charge in [-0.1, -0.05) is 0 Å². The van der Waals surface area contributed by atoms with E-state index in [0.29, 0.717) is 12.1 Å². The van der Waals surface area contributed by atoms with Crippen LogP contribution in [0.3, 0.4) is 0 Å². The van der Waals surface area contributed by atoms with E-state index in [-0.39, 0.29) is 0 Å². The Balaban J connectivity index is 3.62. The Kier molecular flexibility index (Phi) is 8.14. The van der Waals surface area contributed by atoms with Gasteiger partial charge in [0, 0.05) is 12.6 Å². The monoisotopic (exact) mass is 202 g/mol. The van der Waals surface area contributed by atoms with Gasteiger partial charge in [-0.15, -0.1) is 0 Å². The molecule has 0 aromatic heterocycles. The third kappa shape index (κ3) is 7.30. The number of ether oxygens (including phenoxy) is 1. The summed E-state index contributed by atoms with van der Waals surface area (Å²) in [5, 5.41) is 0. The normalized spacial score (nSPS) is 12.0. The lowest BCUT2D eigenvalue weighted by Crippen LogP contribution is -2.36. The van der Waals surface area contributed by atoms with Gasteiger partial charge in [-0.2, -0.15) is 0 Å². The van der Waals surface area contributed by atoms with E-state index in [9.17, 15) is 0 Å². The molecule has 14 heavy (non-hydrogen) atoms. The summed E-state index contributed by atoms with van der Waals surface area (Å²) < 4.78 is 5.53. The van der Waals surface area contributed by atoms with Crippen molar-refractivity contribution in [2.24, 2.45) is 5.73 Å². The molecule has 0 aliphatic heterocycles. The van der Waals surface area contributed by atoms with Crippen molar-refractivity contribution in [2.75, 3.05) is 26.2 Å². The van der Waals surface area contributed by atoms with Crippen LogP contribution in [0.15, 0.2) is 0 Å². The van der Waals surface area contributed by atoms with Crippen molar-refractivity contribution < 1.29 is 4.74 Å². The van der Waals surface area contributed by atoms with Gasteiger partial charge < -0.3 is 10.5 Å². The molecule has 0 aliphatic carbocycles. The molecular formula is C11H26N2O. The molecule has 0 rings (SSSR count). The Hall–Kier alpha value is -0.120.